The van der Waals surface area contributed by atoms with Gasteiger partial charge in [0, 0.05) is 6.54 Å². The SMILES string of the molecule is CC1CCCC1CNC[C@H](C)O. The van der Waals surface area contributed by atoms with E-state index in [-0.39, 0.29) is 6.10 Å². The highest BCUT2D eigenvalue weighted by atomic mass is 16.3. The molecule has 1 saturated carbocycles. The van der Waals surface area contributed by atoms with Crippen LogP contribution in [0.5, 0.6) is 0 Å². The summed E-state index contributed by atoms with van der Waals surface area (Å²) < 4.78 is 0. The summed E-state index contributed by atoms with van der Waals surface area (Å²) in [6.07, 6.45) is 3.94. The Kier molecular flexibility index (Phi) is 4.02. The van der Waals surface area contributed by atoms with E-state index in [0.29, 0.717) is 0 Å². The van der Waals surface area contributed by atoms with Gasteiger partial charge in [-0.3, -0.25) is 0 Å². The Balaban J connectivity index is 2.06. The lowest BCUT2D eigenvalue weighted by atomic mass is 9.98. The summed E-state index contributed by atoms with van der Waals surface area (Å²) in [6.45, 7) is 5.99. The zero-order chi connectivity index (χ0) is 8.97. The molecule has 3 atom stereocenters. The first-order chi connectivity index (χ1) is 5.70. The Bertz CT molecular complexity index is 125. The molecule has 72 valence electrons. The molecule has 2 heteroatoms. The van der Waals surface area contributed by atoms with Crippen molar-refractivity contribution in [1.82, 2.24) is 5.32 Å². The van der Waals surface area contributed by atoms with Crippen LogP contribution in [0, 0.1) is 11.8 Å². The lowest BCUT2D eigenvalue weighted by molar-refractivity contribution is 0.187. The van der Waals surface area contributed by atoms with E-state index in [2.05, 4.69) is 12.2 Å². The van der Waals surface area contributed by atoms with E-state index in [9.17, 15) is 0 Å². The highest BCUT2D eigenvalue weighted by molar-refractivity contribution is 4.76. The van der Waals surface area contributed by atoms with Crippen LogP contribution in [-0.2, 0) is 0 Å². The molecule has 0 saturated heterocycles. The Morgan fingerprint density at radius 1 is 1.50 bits per heavy atom. The second-order valence-corrected chi connectivity index (χ2v) is 4.18. The van der Waals surface area contributed by atoms with Crippen molar-refractivity contribution in [1.29, 1.82) is 0 Å². The number of aliphatic hydroxyl groups is 1. The summed E-state index contributed by atoms with van der Waals surface area (Å²) in [4.78, 5) is 0. The minimum absolute atomic E-state index is 0.207. The number of nitrogens with one attached hydrogen (secondary N) is 1. The zero-order valence-corrected chi connectivity index (χ0v) is 8.21. The van der Waals surface area contributed by atoms with Crippen molar-refractivity contribution in [3.63, 3.8) is 0 Å². The number of hydrogen-bond acceptors (Lipinski definition) is 2. The van der Waals surface area contributed by atoms with Crippen LogP contribution < -0.4 is 5.32 Å². The van der Waals surface area contributed by atoms with Crippen molar-refractivity contribution < 1.29 is 5.11 Å². The van der Waals surface area contributed by atoms with E-state index in [1.54, 1.807) is 0 Å². The molecule has 2 nitrogen and oxygen atoms in total. The molecule has 1 fully saturated rings. The third-order valence-corrected chi connectivity index (χ3v) is 2.89. The van der Waals surface area contributed by atoms with E-state index < -0.39 is 0 Å². The van der Waals surface area contributed by atoms with Crippen molar-refractivity contribution in [2.75, 3.05) is 13.1 Å². The molecule has 0 aromatic rings. The van der Waals surface area contributed by atoms with Crippen LogP contribution >= 0.6 is 0 Å². The molecule has 2 N–H and O–H groups in total. The van der Waals surface area contributed by atoms with Gasteiger partial charge in [0.15, 0.2) is 0 Å². The van der Waals surface area contributed by atoms with Crippen LogP contribution in [0.2, 0.25) is 0 Å². The Hall–Kier alpha value is -0.0800. The van der Waals surface area contributed by atoms with Gasteiger partial charge in [-0.15, -0.1) is 0 Å². The average molecular weight is 171 g/mol. The molecule has 0 aliphatic heterocycles. The minimum atomic E-state index is -0.207. The van der Waals surface area contributed by atoms with Gasteiger partial charge in [-0.2, -0.15) is 0 Å². The predicted octanol–water partition coefficient (Wildman–Crippen LogP) is 1.39. The van der Waals surface area contributed by atoms with Crippen molar-refractivity contribution in [3.8, 4) is 0 Å². The number of rotatable bonds is 4. The Morgan fingerprint density at radius 2 is 2.25 bits per heavy atom. The largest absolute Gasteiger partial charge is 0.392 e. The quantitative estimate of drug-likeness (QED) is 0.670. The second kappa shape index (κ2) is 4.83. The molecule has 1 aliphatic carbocycles. The topological polar surface area (TPSA) is 32.3 Å². The monoisotopic (exact) mass is 171 g/mol. The first kappa shape index (κ1) is 10.0. The summed E-state index contributed by atoms with van der Waals surface area (Å²) in [6, 6.07) is 0. The van der Waals surface area contributed by atoms with Crippen molar-refractivity contribution >= 4 is 0 Å². The molecule has 0 heterocycles. The molecule has 0 aromatic carbocycles. The lowest BCUT2D eigenvalue weighted by Gasteiger charge is -2.16. The number of aliphatic hydroxyl groups excluding tert-OH is 1. The summed E-state index contributed by atoms with van der Waals surface area (Å²) in [7, 11) is 0. The van der Waals surface area contributed by atoms with Crippen LogP contribution in [0.15, 0.2) is 0 Å². The van der Waals surface area contributed by atoms with Crippen LogP contribution in [0.1, 0.15) is 33.1 Å². The molecule has 2 unspecified atom stereocenters. The van der Waals surface area contributed by atoms with Crippen LogP contribution in [0.4, 0.5) is 0 Å². The number of hydrogen-bond donors (Lipinski definition) is 2. The molecular weight excluding hydrogens is 150 g/mol. The van der Waals surface area contributed by atoms with Crippen LogP contribution in [-0.4, -0.2) is 24.3 Å². The van der Waals surface area contributed by atoms with Gasteiger partial charge >= 0.3 is 0 Å². The Labute approximate surface area is 75.4 Å². The molecular formula is C10H21NO. The van der Waals surface area contributed by atoms with Crippen LogP contribution in [0.3, 0.4) is 0 Å². The minimum Gasteiger partial charge on any atom is -0.392 e. The molecule has 0 bridgehead atoms. The molecule has 0 aromatic heterocycles. The maximum absolute atomic E-state index is 9.03. The summed E-state index contributed by atoms with van der Waals surface area (Å²) in [5.41, 5.74) is 0. The predicted molar refractivity (Wildman–Crippen MR) is 51.1 cm³/mol. The molecule has 0 spiro atoms. The third-order valence-electron chi connectivity index (χ3n) is 2.89. The van der Waals surface area contributed by atoms with Gasteiger partial charge in [-0.25, -0.2) is 0 Å². The molecule has 0 amide bonds. The normalized spacial score (nSPS) is 32.2. The van der Waals surface area contributed by atoms with Crippen molar-refractivity contribution in [2.45, 2.75) is 39.2 Å². The lowest BCUT2D eigenvalue weighted by Crippen LogP contribution is -2.30. The fourth-order valence-corrected chi connectivity index (χ4v) is 2.00. The average Bonchev–Trinajstić information content (AvgIpc) is 2.36. The first-order valence-electron chi connectivity index (χ1n) is 5.09. The zero-order valence-electron chi connectivity index (χ0n) is 8.21. The van der Waals surface area contributed by atoms with E-state index >= 15 is 0 Å². The highest BCUT2D eigenvalue weighted by Gasteiger charge is 2.22. The second-order valence-electron chi connectivity index (χ2n) is 4.18. The molecule has 0 radical (unpaired) electrons. The first-order valence-corrected chi connectivity index (χ1v) is 5.09. The van der Waals surface area contributed by atoms with E-state index in [4.69, 9.17) is 5.11 Å². The van der Waals surface area contributed by atoms with Gasteiger partial charge in [0.2, 0.25) is 0 Å². The Morgan fingerprint density at radius 3 is 2.75 bits per heavy atom. The van der Waals surface area contributed by atoms with Gasteiger partial charge in [-0.1, -0.05) is 19.8 Å². The molecule has 1 aliphatic rings. The van der Waals surface area contributed by atoms with Crippen molar-refractivity contribution in [2.24, 2.45) is 11.8 Å². The van der Waals surface area contributed by atoms with Gasteiger partial charge < -0.3 is 10.4 Å². The van der Waals surface area contributed by atoms with E-state index in [0.717, 1.165) is 24.9 Å². The van der Waals surface area contributed by atoms with E-state index in [1.165, 1.54) is 19.3 Å². The van der Waals surface area contributed by atoms with Gasteiger partial charge in [0.1, 0.15) is 0 Å². The molecule has 12 heavy (non-hydrogen) atoms. The van der Waals surface area contributed by atoms with E-state index in [1.807, 2.05) is 6.92 Å². The smallest absolute Gasteiger partial charge is 0.0636 e. The van der Waals surface area contributed by atoms with Gasteiger partial charge in [0.05, 0.1) is 6.10 Å². The van der Waals surface area contributed by atoms with Gasteiger partial charge in [-0.05, 0) is 31.7 Å². The van der Waals surface area contributed by atoms with Crippen LogP contribution in [0.25, 0.3) is 0 Å². The maximum atomic E-state index is 9.03. The fourth-order valence-electron chi connectivity index (χ4n) is 2.00. The molecule has 1 rings (SSSR count). The maximum Gasteiger partial charge on any atom is 0.0636 e. The highest BCUT2D eigenvalue weighted by Crippen LogP contribution is 2.30. The van der Waals surface area contributed by atoms with Gasteiger partial charge in [0.25, 0.3) is 0 Å². The summed E-state index contributed by atoms with van der Waals surface area (Å²) in [5.74, 6) is 1.73. The summed E-state index contributed by atoms with van der Waals surface area (Å²) >= 11 is 0. The third kappa shape index (κ3) is 3.11. The summed E-state index contributed by atoms with van der Waals surface area (Å²) in [5, 5.41) is 12.3. The fraction of sp³-hybridized carbons (Fsp3) is 1.00. The standard InChI is InChI=1S/C10H21NO/c1-8-4-3-5-10(8)7-11-6-9(2)12/h8-12H,3-7H2,1-2H3/t8?,9-,10?/m0/s1. The van der Waals surface area contributed by atoms with Crippen molar-refractivity contribution in [3.05, 3.63) is 0 Å².